The minimum absolute atomic E-state index is 0.0117. The van der Waals surface area contributed by atoms with E-state index >= 15 is 0 Å². The lowest BCUT2D eigenvalue weighted by Crippen LogP contribution is -2.32. The zero-order chi connectivity index (χ0) is 17.3. The van der Waals surface area contributed by atoms with Crippen molar-refractivity contribution in [2.45, 2.75) is 71.3 Å². The molecule has 0 saturated heterocycles. The molecule has 0 radical (unpaired) electrons. The predicted octanol–water partition coefficient (Wildman–Crippen LogP) is 5.07. The van der Waals surface area contributed by atoms with E-state index in [9.17, 15) is 14.7 Å². The van der Waals surface area contributed by atoms with Crippen LogP contribution in [0, 0.1) is 0 Å². The first-order valence-corrected chi connectivity index (χ1v) is 8.49. The lowest BCUT2D eigenvalue weighted by atomic mass is 9.92. The Morgan fingerprint density at radius 3 is 2.22 bits per heavy atom. The number of benzene rings is 1. The Bertz CT molecular complexity index is 524. The van der Waals surface area contributed by atoms with Crippen LogP contribution in [0.5, 0.6) is 0 Å². The minimum Gasteiger partial charge on any atom is -0.478 e. The summed E-state index contributed by atoms with van der Waals surface area (Å²) in [5.74, 6) is -1.66. The van der Waals surface area contributed by atoms with Crippen molar-refractivity contribution < 1.29 is 19.4 Å². The smallest absolute Gasteiger partial charge is 0.339 e. The Balaban J connectivity index is 2.83. The number of ether oxygens (including phenoxy) is 1. The molecule has 0 aliphatic heterocycles. The topological polar surface area (TPSA) is 63.6 Å². The molecule has 1 atom stereocenters. The van der Waals surface area contributed by atoms with Crippen molar-refractivity contribution in [3.8, 4) is 0 Å². The fourth-order valence-corrected chi connectivity index (χ4v) is 2.81. The van der Waals surface area contributed by atoms with Crippen molar-refractivity contribution in [1.82, 2.24) is 0 Å². The molecular formula is C19H28O4. The fourth-order valence-electron chi connectivity index (χ4n) is 2.81. The molecule has 128 valence electrons. The molecule has 0 aliphatic rings. The van der Waals surface area contributed by atoms with Crippen LogP contribution in [0.4, 0.5) is 0 Å². The molecule has 0 amide bonds. The maximum Gasteiger partial charge on any atom is 0.339 e. The molecule has 0 bridgehead atoms. The number of esters is 1. The third-order valence-corrected chi connectivity index (χ3v) is 4.05. The number of aromatic carboxylic acids is 1. The van der Waals surface area contributed by atoms with E-state index in [1.54, 1.807) is 12.1 Å². The number of rotatable bonds is 10. The van der Waals surface area contributed by atoms with Gasteiger partial charge in [0.2, 0.25) is 0 Å². The van der Waals surface area contributed by atoms with Crippen LogP contribution < -0.4 is 0 Å². The van der Waals surface area contributed by atoms with Gasteiger partial charge in [-0.15, -0.1) is 0 Å². The molecule has 4 nitrogen and oxygen atoms in total. The van der Waals surface area contributed by atoms with Gasteiger partial charge in [0.05, 0.1) is 11.1 Å². The Morgan fingerprint density at radius 2 is 1.65 bits per heavy atom. The third-order valence-electron chi connectivity index (χ3n) is 4.05. The maximum absolute atomic E-state index is 12.5. The van der Waals surface area contributed by atoms with Crippen LogP contribution in [0.15, 0.2) is 24.3 Å². The van der Waals surface area contributed by atoms with Crippen molar-refractivity contribution in [3.63, 3.8) is 0 Å². The van der Waals surface area contributed by atoms with Crippen molar-refractivity contribution in [2.24, 2.45) is 0 Å². The highest BCUT2D eigenvalue weighted by Gasteiger charge is 2.29. The van der Waals surface area contributed by atoms with E-state index in [0.717, 1.165) is 38.5 Å². The SMILES string of the molecule is CCCCCCC(C)(CCC)OC(=O)c1ccccc1C(=O)O. The van der Waals surface area contributed by atoms with E-state index < -0.39 is 17.5 Å². The molecule has 1 unspecified atom stereocenters. The molecular weight excluding hydrogens is 292 g/mol. The molecule has 1 rings (SSSR count). The van der Waals surface area contributed by atoms with Gasteiger partial charge < -0.3 is 9.84 Å². The Kier molecular flexibility index (Phi) is 7.79. The summed E-state index contributed by atoms with van der Waals surface area (Å²) >= 11 is 0. The van der Waals surface area contributed by atoms with Gasteiger partial charge >= 0.3 is 11.9 Å². The maximum atomic E-state index is 12.5. The first kappa shape index (κ1) is 19.2. The fraction of sp³-hybridized carbons (Fsp3) is 0.579. The summed E-state index contributed by atoms with van der Waals surface area (Å²) in [4.78, 5) is 23.7. The van der Waals surface area contributed by atoms with Crippen LogP contribution in [-0.4, -0.2) is 22.6 Å². The summed E-state index contributed by atoms with van der Waals surface area (Å²) in [5.41, 5.74) is -0.427. The second-order valence-electron chi connectivity index (χ2n) is 6.25. The Hall–Kier alpha value is -1.84. The molecule has 1 aromatic rings. The summed E-state index contributed by atoms with van der Waals surface area (Å²) in [5, 5.41) is 9.21. The van der Waals surface area contributed by atoms with Crippen molar-refractivity contribution >= 4 is 11.9 Å². The average Bonchev–Trinajstić information content (AvgIpc) is 2.51. The molecule has 4 heteroatoms. The van der Waals surface area contributed by atoms with Gasteiger partial charge in [0.15, 0.2) is 0 Å². The zero-order valence-electron chi connectivity index (χ0n) is 14.4. The number of carboxylic acids is 1. The van der Waals surface area contributed by atoms with Crippen molar-refractivity contribution in [2.75, 3.05) is 0 Å². The molecule has 1 aromatic carbocycles. The van der Waals surface area contributed by atoms with E-state index in [0.29, 0.717) is 0 Å². The van der Waals surface area contributed by atoms with E-state index in [-0.39, 0.29) is 11.1 Å². The largest absolute Gasteiger partial charge is 0.478 e. The molecule has 0 aliphatic carbocycles. The molecule has 0 saturated carbocycles. The normalized spacial score (nSPS) is 13.3. The first-order chi connectivity index (χ1) is 10.9. The highest BCUT2D eigenvalue weighted by atomic mass is 16.6. The number of hydrogen-bond donors (Lipinski definition) is 1. The van der Waals surface area contributed by atoms with Crippen molar-refractivity contribution in [1.29, 1.82) is 0 Å². The number of hydrogen-bond acceptors (Lipinski definition) is 3. The quantitative estimate of drug-likeness (QED) is 0.483. The van der Waals surface area contributed by atoms with Gasteiger partial charge in [-0.1, -0.05) is 51.7 Å². The van der Waals surface area contributed by atoms with Gasteiger partial charge in [0.25, 0.3) is 0 Å². The second-order valence-corrected chi connectivity index (χ2v) is 6.25. The molecule has 0 spiro atoms. The van der Waals surface area contributed by atoms with Crippen LogP contribution >= 0.6 is 0 Å². The standard InChI is InChI=1S/C19H28O4/c1-4-6-7-10-14-19(3,13-5-2)23-18(22)16-12-9-8-11-15(16)17(20)21/h8-9,11-12H,4-7,10,13-14H2,1-3H3,(H,20,21). The average molecular weight is 320 g/mol. The summed E-state index contributed by atoms with van der Waals surface area (Å²) in [6.07, 6.45) is 6.98. The molecule has 0 fully saturated rings. The number of carbonyl (C=O) groups is 2. The molecule has 0 heterocycles. The lowest BCUT2D eigenvalue weighted by Gasteiger charge is -2.30. The second kappa shape index (κ2) is 9.33. The zero-order valence-corrected chi connectivity index (χ0v) is 14.4. The summed E-state index contributed by atoms with van der Waals surface area (Å²) in [6, 6.07) is 6.20. The number of unbranched alkanes of at least 4 members (excludes halogenated alkanes) is 3. The van der Waals surface area contributed by atoms with Crippen LogP contribution in [0.1, 0.15) is 86.4 Å². The van der Waals surface area contributed by atoms with Gasteiger partial charge in [-0.05, 0) is 38.3 Å². The third kappa shape index (κ3) is 6.05. The molecule has 1 N–H and O–H groups in total. The van der Waals surface area contributed by atoms with E-state index in [2.05, 4.69) is 13.8 Å². The van der Waals surface area contributed by atoms with Crippen LogP contribution in [-0.2, 0) is 4.74 Å². The van der Waals surface area contributed by atoms with Gasteiger partial charge in [0, 0.05) is 0 Å². The highest BCUT2D eigenvalue weighted by molar-refractivity contribution is 6.02. The predicted molar refractivity (Wildman–Crippen MR) is 90.9 cm³/mol. The van der Waals surface area contributed by atoms with Crippen LogP contribution in [0.3, 0.4) is 0 Å². The minimum atomic E-state index is -1.11. The first-order valence-electron chi connectivity index (χ1n) is 8.49. The Morgan fingerprint density at radius 1 is 1.00 bits per heavy atom. The van der Waals surface area contributed by atoms with Gasteiger partial charge in [0.1, 0.15) is 5.60 Å². The number of carboxylic acid groups (broad SMARTS) is 1. The van der Waals surface area contributed by atoms with E-state index in [1.165, 1.54) is 18.6 Å². The lowest BCUT2D eigenvalue weighted by molar-refractivity contribution is -0.0193. The van der Waals surface area contributed by atoms with Gasteiger partial charge in [-0.3, -0.25) is 0 Å². The molecule has 0 aromatic heterocycles. The van der Waals surface area contributed by atoms with E-state index in [4.69, 9.17) is 4.74 Å². The van der Waals surface area contributed by atoms with Gasteiger partial charge in [-0.25, -0.2) is 9.59 Å². The number of carbonyl (C=O) groups excluding carboxylic acids is 1. The molecule has 23 heavy (non-hydrogen) atoms. The van der Waals surface area contributed by atoms with Gasteiger partial charge in [-0.2, -0.15) is 0 Å². The summed E-state index contributed by atoms with van der Waals surface area (Å²) in [6.45, 7) is 6.17. The van der Waals surface area contributed by atoms with Crippen LogP contribution in [0.25, 0.3) is 0 Å². The summed E-state index contributed by atoms with van der Waals surface area (Å²) in [7, 11) is 0. The summed E-state index contributed by atoms with van der Waals surface area (Å²) < 4.78 is 5.73. The monoisotopic (exact) mass is 320 g/mol. The Labute approximate surface area is 138 Å². The highest BCUT2D eigenvalue weighted by Crippen LogP contribution is 2.27. The van der Waals surface area contributed by atoms with E-state index in [1.807, 2.05) is 6.92 Å². The van der Waals surface area contributed by atoms with Crippen LogP contribution in [0.2, 0.25) is 0 Å². The van der Waals surface area contributed by atoms with Crippen molar-refractivity contribution in [3.05, 3.63) is 35.4 Å².